The van der Waals surface area contributed by atoms with Gasteiger partial charge in [0.25, 0.3) is 15.9 Å². The number of rotatable bonds is 7. The number of methoxy groups -OCH3 is 1. The van der Waals surface area contributed by atoms with E-state index >= 15 is 0 Å². The zero-order valence-corrected chi connectivity index (χ0v) is 18.0. The lowest BCUT2D eigenvalue weighted by molar-refractivity contribution is 0.0955. The molecule has 3 aromatic rings. The van der Waals surface area contributed by atoms with Crippen molar-refractivity contribution < 1.29 is 17.9 Å². The predicted octanol–water partition coefficient (Wildman–Crippen LogP) is 3.82. The summed E-state index contributed by atoms with van der Waals surface area (Å²) in [5, 5.41) is 4.55. The van der Waals surface area contributed by atoms with Crippen LogP contribution in [0.1, 0.15) is 20.8 Å². The van der Waals surface area contributed by atoms with Crippen LogP contribution in [0, 0.1) is 6.92 Å². The Morgan fingerprint density at radius 2 is 1.72 bits per heavy atom. The molecular formula is C21H22N2O4S2. The first-order chi connectivity index (χ1) is 13.8. The molecule has 1 N–H and O–H groups in total. The zero-order valence-electron chi connectivity index (χ0n) is 16.4. The van der Waals surface area contributed by atoms with Gasteiger partial charge < -0.3 is 10.1 Å². The maximum atomic E-state index is 12.9. The van der Waals surface area contributed by atoms with Crippen molar-refractivity contribution in [1.29, 1.82) is 0 Å². The van der Waals surface area contributed by atoms with Gasteiger partial charge >= 0.3 is 0 Å². The van der Waals surface area contributed by atoms with Gasteiger partial charge in [0.05, 0.1) is 17.7 Å². The van der Waals surface area contributed by atoms with Gasteiger partial charge in [-0.2, -0.15) is 0 Å². The fourth-order valence-electron chi connectivity index (χ4n) is 2.72. The lowest BCUT2D eigenvalue weighted by Crippen LogP contribution is -2.29. The van der Waals surface area contributed by atoms with Gasteiger partial charge in [0.1, 0.15) is 10.6 Å². The summed E-state index contributed by atoms with van der Waals surface area (Å²) in [6.07, 6.45) is 0. The number of aryl methyl sites for hydroxylation is 1. The average Bonchev–Trinajstić information content (AvgIpc) is 3.22. The van der Waals surface area contributed by atoms with E-state index in [4.69, 9.17) is 4.74 Å². The smallest absolute Gasteiger partial charge is 0.264 e. The van der Waals surface area contributed by atoms with Gasteiger partial charge in [0, 0.05) is 13.6 Å². The molecule has 1 aromatic heterocycles. The summed E-state index contributed by atoms with van der Waals surface area (Å²) < 4.78 is 32.2. The molecule has 0 bridgehead atoms. The van der Waals surface area contributed by atoms with E-state index in [-0.39, 0.29) is 10.8 Å². The molecule has 0 aliphatic rings. The number of amides is 1. The van der Waals surface area contributed by atoms with Crippen LogP contribution in [0.5, 0.6) is 5.75 Å². The molecule has 0 spiro atoms. The monoisotopic (exact) mass is 430 g/mol. The number of carbonyl (C=O) groups excluding carboxylic acids is 1. The summed E-state index contributed by atoms with van der Waals surface area (Å²) in [6.45, 7) is 2.22. The standard InChI is InChI=1S/C21H22N2O4S2/c1-15-4-10-18(11-5-15)29(25,26)23(2)19-12-13-28-20(19)21(24)22-14-16-6-8-17(27-3)9-7-16/h4-13H,14H2,1-3H3,(H,22,24). The number of hydrogen-bond donors (Lipinski definition) is 1. The molecule has 8 heteroatoms. The van der Waals surface area contributed by atoms with E-state index in [1.54, 1.807) is 42.8 Å². The highest BCUT2D eigenvalue weighted by atomic mass is 32.2. The highest BCUT2D eigenvalue weighted by molar-refractivity contribution is 7.92. The Labute approximate surface area is 174 Å². The average molecular weight is 431 g/mol. The largest absolute Gasteiger partial charge is 0.497 e. The number of carbonyl (C=O) groups is 1. The minimum Gasteiger partial charge on any atom is -0.497 e. The number of benzene rings is 2. The van der Waals surface area contributed by atoms with Crippen LogP contribution < -0.4 is 14.4 Å². The molecule has 0 saturated carbocycles. The quantitative estimate of drug-likeness (QED) is 0.618. The number of hydrogen-bond acceptors (Lipinski definition) is 5. The van der Waals surface area contributed by atoms with Crippen molar-refractivity contribution in [3.63, 3.8) is 0 Å². The SMILES string of the molecule is COc1ccc(CNC(=O)c2sccc2N(C)S(=O)(=O)c2ccc(C)cc2)cc1. The van der Waals surface area contributed by atoms with Crippen LogP contribution in [0.3, 0.4) is 0 Å². The number of thiophene rings is 1. The second-order valence-electron chi connectivity index (χ2n) is 6.45. The van der Waals surface area contributed by atoms with Crippen molar-refractivity contribution in [3.8, 4) is 5.75 Å². The van der Waals surface area contributed by atoms with Crippen molar-refractivity contribution in [2.24, 2.45) is 0 Å². The first-order valence-electron chi connectivity index (χ1n) is 8.87. The summed E-state index contributed by atoms with van der Waals surface area (Å²) in [5.41, 5.74) is 2.24. The Bertz CT molecular complexity index is 1090. The molecule has 1 amide bonds. The summed E-state index contributed by atoms with van der Waals surface area (Å²) in [7, 11) is -0.714. The van der Waals surface area contributed by atoms with Gasteiger partial charge in [0.2, 0.25) is 0 Å². The first-order valence-corrected chi connectivity index (χ1v) is 11.2. The first kappa shape index (κ1) is 20.9. The summed E-state index contributed by atoms with van der Waals surface area (Å²) in [6, 6.07) is 15.6. The Morgan fingerprint density at radius 3 is 2.34 bits per heavy atom. The number of sulfonamides is 1. The molecule has 0 fully saturated rings. The number of nitrogens with zero attached hydrogens (tertiary/aromatic N) is 1. The van der Waals surface area contributed by atoms with E-state index in [0.29, 0.717) is 17.1 Å². The van der Waals surface area contributed by atoms with Crippen LogP contribution >= 0.6 is 11.3 Å². The third-order valence-corrected chi connectivity index (χ3v) is 7.17. The molecule has 2 aromatic carbocycles. The predicted molar refractivity (Wildman–Crippen MR) is 115 cm³/mol. The third-order valence-electron chi connectivity index (χ3n) is 4.48. The Hall–Kier alpha value is -2.84. The summed E-state index contributed by atoms with van der Waals surface area (Å²) in [5.74, 6) is 0.417. The second kappa shape index (κ2) is 8.67. The molecule has 0 aliphatic heterocycles. The van der Waals surface area contributed by atoms with Crippen LogP contribution in [0.4, 0.5) is 5.69 Å². The Balaban J connectivity index is 1.76. The van der Waals surface area contributed by atoms with E-state index in [1.165, 1.54) is 18.4 Å². The number of anilines is 1. The van der Waals surface area contributed by atoms with Gasteiger partial charge in [-0.15, -0.1) is 11.3 Å². The summed E-state index contributed by atoms with van der Waals surface area (Å²) in [4.78, 5) is 13.2. The number of nitrogens with one attached hydrogen (secondary N) is 1. The normalized spacial score (nSPS) is 11.1. The van der Waals surface area contributed by atoms with Gasteiger partial charge in [-0.05, 0) is 48.2 Å². The fourth-order valence-corrected chi connectivity index (χ4v) is 4.83. The molecule has 152 valence electrons. The van der Waals surface area contributed by atoms with Crippen LogP contribution in [0.2, 0.25) is 0 Å². The molecule has 0 unspecified atom stereocenters. The molecule has 29 heavy (non-hydrogen) atoms. The number of ether oxygens (including phenoxy) is 1. The van der Waals surface area contributed by atoms with E-state index in [9.17, 15) is 13.2 Å². The van der Waals surface area contributed by atoms with Crippen LogP contribution in [-0.4, -0.2) is 28.5 Å². The van der Waals surface area contributed by atoms with Crippen molar-refractivity contribution in [3.05, 3.63) is 76.0 Å². The van der Waals surface area contributed by atoms with Gasteiger partial charge in [-0.1, -0.05) is 29.8 Å². The van der Waals surface area contributed by atoms with Crippen LogP contribution in [0.25, 0.3) is 0 Å². The molecular weight excluding hydrogens is 408 g/mol. The molecule has 0 radical (unpaired) electrons. The van der Waals surface area contributed by atoms with Crippen molar-refractivity contribution in [2.75, 3.05) is 18.5 Å². The van der Waals surface area contributed by atoms with Crippen molar-refractivity contribution in [1.82, 2.24) is 5.32 Å². The third kappa shape index (κ3) is 4.60. The molecule has 0 saturated heterocycles. The molecule has 0 aliphatic carbocycles. The zero-order chi connectivity index (χ0) is 21.0. The van der Waals surface area contributed by atoms with Gasteiger partial charge in [-0.25, -0.2) is 8.42 Å². The molecule has 0 atom stereocenters. The lowest BCUT2D eigenvalue weighted by Gasteiger charge is -2.20. The lowest BCUT2D eigenvalue weighted by atomic mass is 10.2. The minimum atomic E-state index is -3.76. The van der Waals surface area contributed by atoms with E-state index < -0.39 is 10.0 Å². The maximum absolute atomic E-state index is 12.9. The second-order valence-corrected chi connectivity index (χ2v) is 9.34. The molecule has 6 nitrogen and oxygen atoms in total. The van der Waals surface area contributed by atoms with E-state index in [1.807, 2.05) is 31.2 Å². The van der Waals surface area contributed by atoms with Crippen molar-refractivity contribution >= 4 is 33.0 Å². The molecule has 3 rings (SSSR count). The Morgan fingerprint density at radius 1 is 1.07 bits per heavy atom. The van der Waals surface area contributed by atoms with Crippen LogP contribution in [-0.2, 0) is 16.6 Å². The summed E-state index contributed by atoms with van der Waals surface area (Å²) >= 11 is 1.20. The van der Waals surface area contributed by atoms with Gasteiger partial charge in [0.15, 0.2) is 0 Å². The maximum Gasteiger partial charge on any atom is 0.264 e. The Kier molecular flexibility index (Phi) is 6.24. The highest BCUT2D eigenvalue weighted by Crippen LogP contribution is 2.30. The molecule has 1 heterocycles. The topological polar surface area (TPSA) is 75.7 Å². The van der Waals surface area contributed by atoms with Crippen molar-refractivity contribution in [2.45, 2.75) is 18.4 Å². The fraction of sp³-hybridized carbons (Fsp3) is 0.190. The van der Waals surface area contributed by atoms with Crippen LogP contribution in [0.15, 0.2) is 64.9 Å². The van der Waals surface area contributed by atoms with Gasteiger partial charge in [-0.3, -0.25) is 9.10 Å². The highest BCUT2D eigenvalue weighted by Gasteiger charge is 2.26. The van der Waals surface area contributed by atoms with E-state index in [0.717, 1.165) is 21.2 Å². The van der Waals surface area contributed by atoms with E-state index in [2.05, 4.69) is 5.32 Å². The minimum absolute atomic E-state index is 0.182.